The predicted molar refractivity (Wildman–Crippen MR) is 118 cm³/mol. The van der Waals surface area contributed by atoms with Crippen molar-refractivity contribution in [1.29, 1.82) is 0 Å². The number of aromatic nitrogens is 2. The van der Waals surface area contributed by atoms with Gasteiger partial charge >= 0.3 is 0 Å². The summed E-state index contributed by atoms with van der Waals surface area (Å²) in [6.07, 6.45) is 4.02. The fourth-order valence-corrected chi connectivity index (χ4v) is 5.58. The van der Waals surface area contributed by atoms with Crippen LogP contribution in [0.1, 0.15) is 25.5 Å². The van der Waals surface area contributed by atoms with Crippen molar-refractivity contribution in [1.82, 2.24) is 19.8 Å². The number of ether oxygens (including phenoxy) is 1. The molecule has 0 radical (unpaired) electrons. The molecule has 31 heavy (non-hydrogen) atoms. The minimum absolute atomic E-state index is 0.178. The third-order valence-electron chi connectivity index (χ3n) is 6.31. The van der Waals surface area contributed by atoms with E-state index in [1.807, 2.05) is 35.2 Å². The van der Waals surface area contributed by atoms with E-state index in [-0.39, 0.29) is 5.91 Å². The summed E-state index contributed by atoms with van der Waals surface area (Å²) in [5.74, 6) is 1.82. The van der Waals surface area contributed by atoms with E-state index in [4.69, 9.17) is 9.15 Å². The zero-order valence-electron chi connectivity index (χ0n) is 17.2. The number of piperazine rings is 1. The van der Waals surface area contributed by atoms with E-state index in [2.05, 4.69) is 20.9 Å². The first-order valence-electron chi connectivity index (χ1n) is 10.6. The van der Waals surface area contributed by atoms with Crippen LogP contribution in [0.5, 0.6) is 10.9 Å². The number of pyridine rings is 1. The molecule has 2 aliphatic rings. The van der Waals surface area contributed by atoms with Gasteiger partial charge in [-0.05, 0) is 43.2 Å². The topological polar surface area (TPSA) is 71.7 Å². The summed E-state index contributed by atoms with van der Waals surface area (Å²) in [4.78, 5) is 25.0. The van der Waals surface area contributed by atoms with Crippen LogP contribution < -0.4 is 4.74 Å². The molecule has 4 aromatic rings. The Hall–Kier alpha value is -2.97. The normalized spacial score (nSPS) is 21.3. The van der Waals surface area contributed by atoms with Crippen molar-refractivity contribution < 1.29 is 13.9 Å². The lowest BCUT2D eigenvalue weighted by Crippen LogP contribution is -2.54. The number of nitrogens with zero attached hydrogens (tertiary/aromatic N) is 4. The van der Waals surface area contributed by atoms with Crippen LogP contribution in [0.2, 0.25) is 0 Å². The van der Waals surface area contributed by atoms with E-state index < -0.39 is 0 Å². The first kappa shape index (κ1) is 18.8. The van der Waals surface area contributed by atoms with Gasteiger partial charge in [-0.3, -0.25) is 9.69 Å². The van der Waals surface area contributed by atoms with Crippen molar-refractivity contribution in [2.45, 2.75) is 38.4 Å². The monoisotopic (exact) mass is 434 g/mol. The number of hydrogen-bond acceptors (Lipinski definition) is 7. The van der Waals surface area contributed by atoms with Crippen molar-refractivity contribution in [2.75, 3.05) is 13.1 Å². The van der Waals surface area contributed by atoms with Crippen molar-refractivity contribution >= 4 is 38.6 Å². The predicted octanol–water partition coefficient (Wildman–Crippen LogP) is 4.42. The number of thiazole rings is 1. The second kappa shape index (κ2) is 7.32. The summed E-state index contributed by atoms with van der Waals surface area (Å²) in [7, 11) is 0. The van der Waals surface area contributed by atoms with E-state index in [0.717, 1.165) is 53.9 Å². The Morgan fingerprint density at radius 1 is 1.23 bits per heavy atom. The summed E-state index contributed by atoms with van der Waals surface area (Å²) >= 11 is 1.47. The maximum Gasteiger partial charge on any atom is 0.281 e. The molecule has 0 N–H and O–H groups in total. The maximum atomic E-state index is 11.8. The van der Waals surface area contributed by atoms with Crippen molar-refractivity contribution in [3.8, 4) is 10.9 Å². The van der Waals surface area contributed by atoms with Gasteiger partial charge in [0.25, 0.3) is 5.19 Å². The van der Waals surface area contributed by atoms with Crippen LogP contribution in [0.3, 0.4) is 0 Å². The van der Waals surface area contributed by atoms with Gasteiger partial charge in [0.1, 0.15) is 17.1 Å². The average Bonchev–Trinajstić information content (AvgIpc) is 3.40. The van der Waals surface area contributed by atoms with Gasteiger partial charge in [-0.25, -0.2) is 4.98 Å². The van der Waals surface area contributed by atoms with Crippen LogP contribution >= 0.6 is 11.3 Å². The van der Waals surface area contributed by atoms with E-state index in [1.54, 1.807) is 13.1 Å². The van der Waals surface area contributed by atoms with Crippen LogP contribution in [0.25, 0.3) is 21.3 Å². The quantitative estimate of drug-likeness (QED) is 0.473. The fraction of sp³-hybridized carbons (Fsp3) is 0.348. The third kappa shape index (κ3) is 3.45. The van der Waals surface area contributed by atoms with Crippen molar-refractivity contribution in [3.05, 3.63) is 48.4 Å². The number of rotatable bonds is 4. The van der Waals surface area contributed by atoms with Crippen molar-refractivity contribution in [3.63, 3.8) is 0 Å². The summed E-state index contributed by atoms with van der Waals surface area (Å²) in [5, 5.41) is 1.63. The van der Waals surface area contributed by atoms with E-state index in [9.17, 15) is 4.79 Å². The first-order valence-corrected chi connectivity index (χ1v) is 11.4. The summed E-state index contributed by atoms with van der Waals surface area (Å²) in [5.41, 5.74) is 1.50. The van der Waals surface area contributed by atoms with Crippen LogP contribution in [-0.4, -0.2) is 50.8 Å². The molecule has 1 amide bonds. The Balaban J connectivity index is 1.20. The number of furan rings is 1. The molecule has 6 rings (SSSR count). The lowest BCUT2D eigenvalue weighted by molar-refractivity contribution is -0.132. The summed E-state index contributed by atoms with van der Waals surface area (Å²) in [6.45, 7) is 4.08. The van der Waals surface area contributed by atoms with Gasteiger partial charge in [0, 0.05) is 49.7 Å². The third-order valence-corrected chi connectivity index (χ3v) is 7.20. The highest BCUT2D eigenvalue weighted by Gasteiger charge is 2.40. The minimum atomic E-state index is 0.178. The van der Waals surface area contributed by atoms with Gasteiger partial charge in [-0.15, -0.1) is 0 Å². The average molecular weight is 435 g/mol. The molecule has 3 aromatic heterocycles. The molecule has 7 nitrogen and oxygen atoms in total. The molecule has 0 unspecified atom stereocenters. The number of hydrogen-bond donors (Lipinski definition) is 0. The number of amides is 1. The molecule has 0 spiro atoms. The van der Waals surface area contributed by atoms with Gasteiger partial charge in [0.05, 0.1) is 11.2 Å². The Morgan fingerprint density at radius 2 is 2.06 bits per heavy atom. The SMILES string of the molecule is CC(=O)N1C[C@H]2CC[C@H](C1)N2Cc1cc2ccc(Oc3nc4ncccc4s3)cc2o1. The number of carbonyl (C=O) groups excluding carboxylic acids is 1. The minimum Gasteiger partial charge on any atom is -0.460 e. The highest BCUT2D eigenvalue weighted by Crippen LogP contribution is 2.35. The molecule has 5 heterocycles. The lowest BCUT2D eigenvalue weighted by Gasteiger charge is -2.40. The highest BCUT2D eigenvalue weighted by atomic mass is 32.1. The van der Waals surface area contributed by atoms with Crippen molar-refractivity contribution in [2.24, 2.45) is 0 Å². The molecule has 0 saturated carbocycles. The number of fused-ring (bicyclic) bond motifs is 4. The smallest absolute Gasteiger partial charge is 0.281 e. The van der Waals surface area contributed by atoms with E-state index >= 15 is 0 Å². The van der Waals surface area contributed by atoms with Crippen LogP contribution in [0.4, 0.5) is 0 Å². The molecule has 2 aliphatic heterocycles. The molecule has 0 aliphatic carbocycles. The van der Waals surface area contributed by atoms with Crippen LogP contribution in [0.15, 0.2) is 47.0 Å². The zero-order valence-corrected chi connectivity index (χ0v) is 18.0. The lowest BCUT2D eigenvalue weighted by atomic mass is 10.1. The molecule has 2 fully saturated rings. The Bertz CT molecular complexity index is 1240. The number of benzene rings is 1. The molecule has 1 aromatic carbocycles. The Kier molecular flexibility index (Phi) is 4.43. The molecule has 2 bridgehead atoms. The fourth-order valence-electron chi connectivity index (χ4n) is 4.79. The molecule has 2 atom stereocenters. The molecular weight excluding hydrogens is 412 g/mol. The molecule has 2 saturated heterocycles. The number of likely N-dealkylation sites (tertiary alicyclic amines) is 1. The Morgan fingerprint density at radius 3 is 2.84 bits per heavy atom. The molecular formula is C23H22N4O3S. The zero-order chi connectivity index (χ0) is 20.9. The van der Waals surface area contributed by atoms with Gasteiger partial charge in [-0.2, -0.15) is 4.98 Å². The standard InChI is InChI=1S/C23H22N4O3S/c1-14(28)26-11-16-5-6-17(12-26)27(16)13-19-9-15-4-7-18(10-20(15)29-19)30-23-25-22-21(31-23)3-2-8-24-22/h2-4,7-10,16-17H,5-6,11-13H2,1H3/t16-,17-/m1/s1. The summed E-state index contributed by atoms with van der Waals surface area (Å²) in [6, 6.07) is 12.7. The van der Waals surface area contributed by atoms with Gasteiger partial charge in [0.15, 0.2) is 5.65 Å². The molecule has 158 valence electrons. The van der Waals surface area contributed by atoms with E-state index in [0.29, 0.717) is 28.7 Å². The van der Waals surface area contributed by atoms with Crippen LogP contribution in [0, 0.1) is 0 Å². The van der Waals surface area contributed by atoms with Gasteiger partial charge < -0.3 is 14.1 Å². The van der Waals surface area contributed by atoms with Crippen LogP contribution in [-0.2, 0) is 11.3 Å². The highest BCUT2D eigenvalue weighted by molar-refractivity contribution is 7.20. The second-order valence-corrected chi connectivity index (χ2v) is 9.29. The molecule has 8 heteroatoms. The Labute approximate surface area is 183 Å². The summed E-state index contributed by atoms with van der Waals surface area (Å²) < 4.78 is 13.1. The first-order chi connectivity index (χ1) is 15.1. The van der Waals surface area contributed by atoms with Gasteiger partial charge in [-0.1, -0.05) is 11.3 Å². The van der Waals surface area contributed by atoms with Gasteiger partial charge in [0.2, 0.25) is 5.91 Å². The second-order valence-electron chi connectivity index (χ2n) is 8.30. The largest absolute Gasteiger partial charge is 0.460 e. The number of carbonyl (C=O) groups is 1. The van der Waals surface area contributed by atoms with E-state index in [1.165, 1.54) is 11.3 Å². The maximum absolute atomic E-state index is 11.8.